The van der Waals surface area contributed by atoms with Gasteiger partial charge in [0, 0.05) is 15.9 Å². The van der Waals surface area contributed by atoms with Crippen molar-refractivity contribution in [3.63, 3.8) is 0 Å². The molecule has 1 nitrogen and oxygen atoms in total. The molecule has 0 aliphatic heterocycles. The molecule has 0 saturated carbocycles. The number of rotatable bonds is 9. The van der Waals surface area contributed by atoms with E-state index >= 15 is 0 Å². The summed E-state index contributed by atoms with van der Waals surface area (Å²) in [6.07, 6.45) is 6.57. The lowest BCUT2D eigenvalue weighted by Crippen LogP contribution is -2.15. The molecule has 0 N–H and O–H groups in total. The van der Waals surface area contributed by atoms with Gasteiger partial charge in [0.1, 0.15) is 0 Å². The predicted octanol–water partition coefficient (Wildman–Crippen LogP) is 6.15. The molecule has 0 bridgehead atoms. The highest BCUT2D eigenvalue weighted by Crippen LogP contribution is 2.28. The molecule has 108 valence electrons. The maximum atomic E-state index is 6.23. The Kier molecular flexibility index (Phi) is 8.76. The minimum Gasteiger partial charge on any atom is -0.370 e. The average Bonchev–Trinajstić information content (AvgIpc) is 2.42. The normalized spacial score (nSPS) is 14.3. The van der Waals surface area contributed by atoms with Crippen LogP contribution in [0.2, 0.25) is 5.02 Å². The number of hydrogen-bond donors (Lipinski definition) is 0. The molecule has 0 aromatic heterocycles. The first-order chi connectivity index (χ1) is 9.19. The van der Waals surface area contributed by atoms with Gasteiger partial charge in [-0.1, -0.05) is 78.3 Å². The van der Waals surface area contributed by atoms with Crippen LogP contribution in [0.1, 0.15) is 57.6 Å². The molecule has 0 saturated heterocycles. The second kappa shape index (κ2) is 9.79. The molecule has 0 amide bonds. The summed E-state index contributed by atoms with van der Waals surface area (Å²) in [5.74, 6) is 0. The van der Waals surface area contributed by atoms with Gasteiger partial charge in [0.2, 0.25) is 0 Å². The van der Waals surface area contributed by atoms with Gasteiger partial charge in [-0.05, 0) is 19.4 Å². The highest BCUT2D eigenvalue weighted by Gasteiger charge is 2.16. The van der Waals surface area contributed by atoms with E-state index in [0.29, 0.717) is 0 Å². The third-order valence-electron chi connectivity index (χ3n) is 3.25. The average molecular weight is 348 g/mol. The molecule has 0 fully saturated rings. The van der Waals surface area contributed by atoms with Crippen LogP contribution in [0.15, 0.2) is 24.3 Å². The van der Waals surface area contributed by atoms with E-state index < -0.39 is 0 Å². The maximum absolute atomic E-state index is 6.23. The van der Waals surface area contributed by atoms with Gasteiger partial charge in [0.15, 0.2) is 0 Å². The van der Waals surface area contributed by atoms with Crippen LogP contribution in [-0.2, 0) is 4.74 Å². The molecule has 1 rings (SSSR count). The molecule has 1 aromatic rings. The summed E-state index contributed by atoms with van der Waals surface area (Å²) >= 11 is 9.75. The summed E-state index contributed by atoms with van der Waals surface area (Å²) in [6.45, 7) is 4.39. The Hall–Kier alpha value is -0.0500. The van der Waals surface area contributed by atoms with Gasteiger partial charge in [-0.15, -0.1) is 0 Å². The van der Waals surface area contributed by atoms with E-state index in [-0.39, 0.29) is 12.2 Å². The van der Waals surface area contributed by atoms with Gasteiger partial charge in [0.25, 0.3) is 0 Å². The molecular weight excluding hydrogens is 324 g/mol. The fraction of sp³-hybridized carbons (Fsp3) is 0.625. The third-order valence-corrected chi connectivity index (χ3v) is 4.19. The zero-order chi connectivity index (χ0) is 14.1. The van der Waals surface area contributed by atoms with Crippen LogP contribution in [0.25, 0.3) is 0 Å². The molecule has 0 radical (unpaired) electrons. The van der Waals surface area contributed by atoms with E-state index in [9.17, 15) is 0 Å². The lowest BCUT2D eigenvalue weighted by Gasteiger charge is -2.22. The zero-order valence-corrected chi connectivity index (χ0v) is 14.2. The van der Waals surface area contributed by atoms with Crippen LogP contribution in [0, 0.1) is 0 Å². The Morgan fingerprint density at radius 2 is 1.95 bits per heavy atom. The number of ether oxygens (including phenoxy) is 1. The fourth-order valence-corrected chi connectivity index (χ4v) is 2.89. The molecule has 3 heteroatoms. The predicted molar refractivity (Wildman–Crippen MR) is 87.3 cm³/mol. The Morgan fingerprint density at radius 1 is 1.21 bits per heavy atom. The summed E-state index contributed by atoms with van der Waals surface area (Å²) < 4.78 is 6.12. The van der Waals surface area contributed by atoms with Crippen molar-refractivity contribution in [2.24, 2.45) is 0 Å². The second-order valence-corrected chi connectivity index (χ2v) is 6.02. The topological polar surface area (TPSA) is 9.23 Å². The van der Waals surface area contributed by atoms with Crippen molar-refractivity contribution in [3.05, 3.63) is 34.9 Å². The van der Waals surface area contributed by atoms with E-state index in [2.05, 4.69) is 29.8 Å². The number of hydrogen-bond acceptors (Lipinski definition) is 1. The smallest absolute Gasteiger partial charge is 0.0939 e. The van der Waals surface area contributed by atoms with Crippen molar-refractivity contribution in [1.82, 2.24) is 0 Å². The highest BCUT2D eigenvalue weighted by molar-refractivity contribution is 9.09. The maximum Gasteiger partial charge on any atom is 0.0939 e. The molecule has 19 heavy (non-hydrogen) atoms. The van der Waals surface area contributed by atoms with Crippen molar-refractivity contribution in [2.75, 3.05) is 5.33 Å². The SMILES string of the molecule is CCCCCCC(C)OC(CBr)c1ccccc1Cl. The van der Waals surface area contributed by atoms with Gasteiger partial charge in [-0.2, -0.15) is 0 Å². The van der Waals surface area contributed by atoms with E-state index in [1.165, 1.54) is 25.7 Å². The third kappa shape index (κ3) is 6.29. The molecule has 0 aliphatic carbocycles. The Labute approximate surface area is 130 Å². The van der Waals surface area contributed by atoms with Crippen LogP contribution in [-0.4, -0.2) is 11.4 Å². The number of unbranched alkanes of at least 4 members (excludes halogenated alkanes) is 3. The van der Waals surface area contributed by atoms with Crippen LogP contribution in [0.3, 0.4) is 0 Å². The Balaban J connectivity index is 2.46. The second-order valence-electron chi connectivity index (χ2n) is 4.96. The minimum atomic E-state index is 0.0369. The summed E-state index contributed by atoms with van der Waals surface area (Å²) in [5.41, 5.74) is 1.07. The lowest BCUT2D eigenvalue weighted by molar-refractivity contribution is 0.00498. The van der Waals surface area contributed by atoms with Gasteiger partial charge in [-0.25, -0.2) is 0 Å². The van der Waals surface area contributed by atoms with Crippen LogP contribution in [0.4, 0.5) is 0 Å². The van der Waals surface area contributed by atoms with E-state index in [4.69, 9.17) is 16.3 Å². The largest absolute Gasteiger partial charge is 0.370 e. The first-order valence-corrected chi connectivity index (χ1v) is 8.64. The summed E-state index contributed by atoms with van der Waals surface area (Å²) in [6, 6.07) is 7.91. The van der Waals surface area contributed by atoms with Crippen molar-refractivity contribution < 1.29 is 4.74 Å². The Bertz CT molecular complexity index is 356. The first kappa shape index (κ1) is 17.0. The van der Waals surface area contributed by atoms with E-state index in [1.54, 1.807) is 0 Å². The molecular formula is C16H24BrClO. The van der Waals surface area contributed by atoms with E-state index in [1.807, 2.05) is 24.3 Å². The summed E-state index contributed by atoms with van der Waals surface area (Å²) in [5, 5.41) is 1.56. The summed E-state index contributed by atoms with van der Waals surface area (Å²) in [4.78, 5) is 0. The van der Waals surface area contributed by atoms with Crippen molar-refractivity contribution >= 4 is 27.5 Å². The quantitative estimate of drug-likeness (QED) is 0.384. The monoisotopic (exact) mass is 346 g/mol. The zero-order valence-electron chi connectivity index (χ0n) is 11.9. The molecule has 1 aromatic carbocycles. The van der Waals surface area contributed by atoms with Crippen molar-refractivity contribution in [2.45, 2.75) is 58.2 Å². The van der Waals surface area contributed by atoms with Gasteiger partial charge >= 0.3 is 0 Å². The molecule has 0 heterocycles. The van der Waals surface area contributed by atoms with Crippen LogP contribution >= 0.6 is 27.5 Å². The summed E-state index contributed by atoms with van der Waals surface area (Å²) in [7, 11) is 0. The fourth-order valence-electron chi connectivity index (χ4n) is 2.14. The van der Waals surface area contributed by atoms with E-state index in [0.717, 1.165) is 22.3 Å². The lowest BCUT2D eigenvalue weighted by atomic mass is 10.1. The van der Waals surface area contributed by atoms with Gasteiger partial charge < -0.3 is 4.74 Å². The van der Waals surface area contributed by atoms with Crippen molar-refractivity contribution in [3.8, 4) is 0 Å². The van der Waals surface area contributed by atoms with Gasteiger partial charge in [-0.3, -0.25) is 0 Å². The first-order valence-electron chi connectivity index (χ1n) is 7.14. The Morgan fingerprint density at radius 3 is 2.58 bits per heavy atom. The molecule has 2 atom stereocenters. The number of alkyl halides is 1. The number of benzene rings is 1. The van der Waals surface area contributed by atoms with Gasteiger partial charge in [0.05, 0.1) is 12.2 Å². The van der Waals surface area contributed by atoms with Crippen molar-refractivity contribution in [1.29, 1.82) is 0 Å². The van der Waals surface area contributed by atoms with Crippen LogP contribution in [0.5, 0.6) is 0 Å². The standard InChI is InChI=1S/C16H24BrClO/c1-3-4-5-6-9-13(2)19-16(12-17)14-10-7-8-11-15(14)18/h7-8,10-11,13,16H,3-6,9,12H2,1-2H3. The molecule has 0 spiro atoms. The molecule has 2 unspecified atom stereocenters. The minimum absolute atomic E-state index is 0.0369. The van der Waals surface area contributed by atoms with Crippen LogP contribution < -0.4 is 0 Å². The number of halogens is 2. The highest BCUT2D eigenvalue weighted by atomic mass is 79.9. The molecule has 0 aliphatic rings.